The molecule has 126 valence electrons. The van der Waals surface area contributed by atoms with Gasteiger partial charge in [-0.3, -0.25) is 14.9 Å². The number of hydrogen-bond donors (Lipinski definition) is 1. The van der Waals surface area contributed by atoms with Crippen LogP contribution < -0.4 is 5.32 Å². The van der Waals surface area contributed by atoms with Crippen molar-refractivity contribution in [1.82, 2.24) is 14.9 Å². The van der Waals surface area contributed by atoms with Crippen molar-refractivity contribution in [3.05, 3.63) is 93.0 Å². The largest absolute Gasteiger partial charge is 0.328 e. The summed E-state index contributed by atoms with van der Waals surface area (Å²) in [5.41, 5.74) is 1.14. The van der Waals surface area contributed by atoms with Crippen LogP contribution in [0, 0.1) is 10.1 Å². The lowest BCUT2D eigenvalue weighted by atomic mass is 10.1. The van der Waals surface area contributed by atoms with E-state index in [2.05, 4.69) is 26.2 Å². The normalized spacial score (nSPS) is 11.7. The molecule has 0 spiro atoms. The minimum absolute atomic E-state index is 0.0605. The Hall–Kier alpha value is -3.00. The molecule has 1 amide bonds. The van der Waals surface area contributed by atoms with Crippen molar-refractivity contribution in [2.45, 2.75) is 6.17 Å². The van der Waals surface area contributed by atoms with Gasteiger partial charge in [0.15, 0.2) is 0 Å². The first-order valence-electron chi connectivity index (χ1n) is 7.33. The number of nitro benzene ring substituents is 1. The summed E-state index contributed by atoms with van der Waals surface area (Å²) < 4.78 is 2.66. The molecule has 1 N–H and O–H groups in total. The Bertz CT molecular complexity index is 895. The summed E-state index contributed by atoms with van der Waals surface area (Å²) >= 11 is 3.42. The molecule has 0 aliphatic rings. The van der Waals surface area contributed by atoms with Crippen LogP contribution in [0.1, 0.15) is 22.1 Å². The molecule has 8 heteroatoms. The predicted molar refractivity (Wildman–Crippen MR) is 95.1 cm³/mol. The highest BCUT2D eigenvalue weighted by molar-refractivity contribution is 9.10. The summed E-state index contributed by atoms with van der Waals surface area (Å²) in [5.74, 6) is -0.339. The molecule has 2 aromatic carbocycles. The standard InChI is InChI=1S/C17H13BrN4O3/c18-14-3-1-2-13(10-14)16(21-9-8-19-11-21)20-17(23)12-4-6-15(7-5-12)22(24)25/h1-11,16H,(H,20,23). The van der Waals surface area contributed by atoms with E-state index in [0.29, 0.717) is 5.56 Å². The van der Waals surface area contributed by atoms with E-state index in [4.69, 9.17) is 0 Å². The van der Waals surface area contributed by atoms with E-state index < -0.39 is 11.1 Å². The van der Waals surface area contributed by atoms with E-state index in [9.17, 15) is 14.9 Å². The fraction of sp³-hybridized carbons (Fsp3) is 0.0588. The molecular formula is C17H13BrN4O3. The van der Waals surface area contributed by atoms with E-state index in [1.54, 1.807) is 23.3 Å². The lowest BCUT2D eigenvalue weighted by Crippen LogP contribution is -2.32. The smallest absolute Gasteiger partial charge is 0.269 e. The van der Waals surface area contributed by atoms with Gasteiger partial charge in [-0.05, 0) is 29.8 Å². The van der Waals surface area contributed by atoms with Crippen LogP contribution in [0.5, 0.6) is 0 Å². The van der Waals surface area contributed by atoms with Gasteiger partial charge in [-0.25, -0.2) is 4.98 Å². The number of rotatable bonds is 5. The Morgan fingerprint density at radius 3 is 2.60 bits per heavy atom. The average molecular weight is 401 g/mol. The zero-order chi connectivity index (χ0) is 17.8. The van der Waals surface area contributed by atoms with Crippen LogP contribution in [0.2, 0.25) is 0 Å². The Labute approximate surface area is 151 Å². The molecule has 25 heavy (non-hydrogen) atoms. The number of benzene rings is 2. The first-order chi connectivity index (χ1) is 12.0. The second-order valence-corrected chi connectivity index (χ2v) is 6.16. The lowest BCUT2D eigenvalue weighted by molar-refractivity contribution is -0.384. The fourth-order valence-electron chi connectivity index (χ4n) is 2.37. The number of imidazole rings is 1. The van der Waals surface area contributed by atoms with Crippen molar-refractivity contribution in [3.8, 4) is 0 Å². The SMILES string of the molecule is O=C(NC(c1cccc(Br)c1)n1ccnc1)c1ccc([N+](=O)[O-])cc1. The summed E-state index contributed by atoms with van der Waals surface area (Å²) in [5, 5.41) is 13.6. The molecule has 1 unspecified atom stereocenters. The molecule has 0 aliphatic carbocycles. The van der Waals surface area contributed by atoms with Crippen LogP contribution in [0.4, 0.5) is 5.69 Å². The Morgan fingerprint density at radius 2 is 2.00 bits per heavy atom. The summed E-state index contributed by atoms with van der Waals surface area (Å²) in [4.78, 5) is 26.8. The molecule has 0 saturated heterocycles. The van der Waals surface area contributed by atoms with Gasteiger partial charge in [0.05, 0.1) is 11.3 Å². The second kappa shape index (κ2) is 7.27. The Kier molecular flexibility index (Phi) is 4.90. The van der Waals surface area contributed by atoms with E-state index >= 15 is 0 Å². The minimum atomic E-state index is -0.503. The summed E-state index contributed by atoms with van der Waals surface area (Å²) in [6, 6.07) is 13.0. The number of carbonyl (C=O) groups is 1. The zero-order valence-corrected chi connectivity index (χ0v) is 14.5. The molecule has 0 aliphatic heterocycles. The lowest BCUT2D eigenvalue weighted by Gasteiger charge is -2.21. The summed E-state index contributed by atoms with van der Waals surface area (Å²) in [7, 11) is 0. The molecule has 3 rings (SSSR count). The highest BCUT2D eigenvalue weighted by Gasteiger charge is 2.18. The topological polar surface area (TPSA) is 90.1 Å². The third-order valence-electron chi connectivity index (χ3n) is 3.60. The van der Waals surface area contributed by atoms with Crippen LogP contribution in [0.3, 0.4) is 0 Å². The van der Waals surface area contributed by atoms with Crippen molar-refractivity contribution < 1.29 is 9.72 Å². The van der Waals surface area contributed by atoms with Crippen LogP contribution in [0.25, 0.3) is 0 Å². The number of halogens is 1. The maximum absolute atomic E-state index is 12.6. The van der Waals surface area contributed by atoms with Gasteiger partial charge in [0.2, 0.25) is 0 Å². The molecule has 1 heterocycles. The van der Waals surface area contributed by atoms with E-state index in [-0.39, 0.29) is 11.6 Å². The fourth-order valence-corrected chi connectivity index (χ4v) is 2.79. The third-order valence-corrected chi connectivity index (χ3v) is 4.09. The van der Waals surface area contributed by atoms with Crippen molar-refractivity contribution in [2.24, 2.45) is 0 Å². The average Bonchev–Trinajstić information content (AvgIpc) is 3.13. The summed E-state index contributed by atoms with van der Waals surface area (Å²) in [6.45, 7) is 0. The van der Waals surface area contributed by atoms with Crippen LogP contribution in [-0.2, 0) is 0 Å². The number of nitro groups is 1. The molecular weight excluding hydrogens is 388 g/mol. The number of hydrogen-bond acceptors (Lipinski definition) is 4. The van der Waals surface area contributed by atoms with E-state index in [1.165, 1.54) is 24.3 Å². The molecule has 3 aromatic rings. The first-order valence-corrected chi connectivity index (χ1v) is 8.12. The quantitative estimate of drug-likeness (QED) is 0.523. The first kappa shape index (κ1) is 16.8. The highest BCUT2D eigenvalue weighted by atomic mass is 79.9. The van der Waals surface area contributed by atoms with E-state index in [1.807, 2.05) is 24.3 Å². The number of aromatic nitrogens is 2. The Morgan fingerprint density at radius 1 is 1.24 bits per heavy atom. The van der Waals surface area contributed by atoms with Crippen molar-refractivity contribution >= 4 is 27.5 Å². The third kappa shape index (κ3) is 3.92. The van der Waals surface area contributed by atoms with Gasteiger partial charge >= 0.3 is 0 Å². The van der Waals surface area contributed by atoms with Gasteiger partial charge < -0.3 is 9.88 Å². The maximum atomic E-state index is 12.6. The molecule has 0 radical (unpaired) electrons. The molecule has 0 saturated carbocycles. The van der Waals surface area contributed by atoms with Crippen molar-refractivity contribution in [2.75, 3.05) is 0 Å². The van der Waals surface area contributed by atoms with Crippen LogP contribution >= 0.6 is 15.9 Å². The number of non-ortho nitro benzene ring substituents is 1. The minimum Gasteiger partial charge on any atom is -0.328 e. The monoisotopic (exact) mass is 400 g/mol. The predicted octanol–water partition coefficient (Wildman–Crippen LogP) is 3.53. The maximum Gasteiger partial charge on any atom is 0.269 e. The van der Waals surface area contributed by atoms with Gasteiger partial charge in [-0.15, -0.1) is 0 Å². The summed E-state index contributed by atoms with van der Waals surface area (Å²) in [6.07, 6.45) is 4.54. The van der Waals surface area contributed by atoms with Crippen molar-refractivity contribution in [1.29, 1.82) is 0 Å². The van der Waals surface area contributed by atoms with Gasteiger partial charge in [-0.2, -0.15) is 0 Å². The van der Waals surface area contributed by atoms with Gasteiger partial charge in [0.25, 0.3) is 11.6 Å². The molecule has 0 fully saturated rings. The number of amides is 1. The van der Waals surface area contributed by atoms with Gasteiger partial charge in [0.1, 0.15) is 6.17 Å². The van der Waals surface area contributed by atoms with E-state index in [0.717, 1.165) is 10.0 Å². The number of nitrogens with one attached hydrogen (secondary N) is 1. The second-order valence-electron chi connectivity index (χ2n) is 5.24. The number of carbonyl (C=O) groups excluding carboxylic acids is 1. The molecule has 7 nitrogen and oxygen atoms in total. The Balaban J connectivity index is 1.87. The highest BCUT2D eigenvalue weighted by Crippen LogP contribution is 2.21. The number of nitrogens with zero attached hydrogens (tertiary/aromatic N) is 3. The molecule has 0 bridgehead atoms. The van der Waals surface area contributed by atoms with Gasteiger partial charge in [-0.1, -0.05) is 28.1 Å². The van der Waals surface area contributed by atoms with Crippen LogP contribution in [-0.4, -0.2) is 20.4 Å². The molecule has 1 aromatic heterocycles. The molecule has 1 atom stereocenters. The van der Waals surface area contributed by atoms with Crippen molar-refractivity contribution in [3.63, 3.8) is 0 Å². The zero-order valence-electron chi connectivity index (χ0n) is 12.9. The van der Waals surface area contributed by atoms with Gasteiger partial charge in [0, 0.05) is 34.6 Å². The van der Waals surface area contributed by atoms with Crippen LogP contribution in [0.15, 0.2) is 71.7 Å².